The Hall–Kier alpha value is -2.25. The molecule has 2 rings (SSSR count). The fourth-order valence-electron chi connectivity index (χ4n) is 1.93. The average Bonchev–Trinajstić information content (AvgIpc) is 3.03. The first-order chi connectivity index (χ1) is 10.6. The Morgan fingerprint density at radius 3 is 2.82 bits per heavy atom. The number of nitrogens with two attached hydrogens (primary N) is 1. The Balaban J connectivity index is 1.88. The number of nitrogens with one attached hydrogen (secondary N) is 2. The van der Waals surface area contributed by atoms with Gasteiger partial charge in [-0.2, -0.15) is 0 Å². The van der Waals surface area contributed by atoms with E-state index >= 15 is 0 Å². The van der Waals surface area contributed by atoms with Crippen LogP contribution < -0.4 is 16.4 Å². The Morgan fingerprint density at radius 2 is 2.14 bits per heavy atom. The SMILES string of the molecule is CNC(=O)c1cccc(CCNC(=O)c2csc(CN)n2)c1. The van der Waals surface area contributed by atoms with Gasteiger partial charge in [-0.1, -0.05) is 12.1 Å². The molecule has 0 saturated heterocycles. The number of thiazole rings is 1. The van der Waals surface area contributed by atoms with Crippen molar-refractivity contribution in [2.45, 2.75) is 13.0 Å². The predicted molar refractivity (Wildman–Crippen MR) is 85.9 cm³/mol. The highest BCUT2D eigenvalue weighted by molar-refractivity contribution is 7.09. The van der Waals surface area contributed by atoms with E-state index in [1.165, 1.54) is 11.3 Å². The Bertz CT molecular complexity index is 669. The third-order valence-electron chi connectivity index (χ3n) is 3.07. The van der Waals surface area contributed by atoms with Crippen molar-refractivity contribution in [3.05, 3.63) is 51.5 Å². The van der Waals surface area contributed by atoms with Gasteiger partial charge in [-0.3, -0.25) is 9.59 Å². The summed E-state index contributed by atoms with van der Waals surface area (Å²) in [5, 5.41) is 7.83. The number of amides is 2. The average molecular weight is 318 g/mol. The molecule has 1 heterocycles. The quantitative estimate of drug-likeness (QED) is 0.738. The molecule has 116 valence electrons. The normalized spacial score (nSPS) is 10.3. The first-order valence-corrected chi connectivity index (χ1v) is 7.75. The number of aromatic nitrogens is 1. The van der Waals surface area contributed by atoms with Crippen LogP contribution in [0, 0.1) is 0 Å². The molecule has 1 aromatic carbocycles. The second-order valence-electron chi connectivity index (χ2n) is 4.62. The summed E-state index contributed by atoms with van der Waals surface area (Å²) in [7, 11) is 1.60. The molecule has 0 fully saturated rings. The van der Waals surface area contributed by atoms with E-state index in [-0.39, 0.29) is 11.8 Å². The lowest BCUT2D eigenvalue weighted by molar-refractivity contribution is 0.0945. The summed E-state index contributed by atoms with van der Waals surface area (Å²) in [4.78, 5) is 27.6. The molecule has 22 heavy (non-hydrogen) atoms. The number of nitrogens with zero attached hydrogens (tertiary/aromatic N) is 1. The van der Waals surface area contributed by atoms with Crippen LogP contribution in [0.2, 0.25) is 0 Å². The minimum atomic E-state index is -0.210. The molecular weight excluding hydrogens is 300 g/mol. The molecule has 7 heteroatoms. The number of carbonyl (C=O) groups is 2. The number of benzene rings is 1. The molecule has 0 radical (unpaired) electrons. The zero-order chi connectivity index (χ0) is 15.9. The van der Waals surface area contributed by atoms with Crippen LogP contribution in [-0.4, -0.2) is 30.4 Å². The van der Waals surface area contributed by atoms with Crippen LogP contribution in [-0.2, 0) is 13.0 Å². The number of hydrogen-bond donors (Lipinski definition) is 3. The van der Waals surface area contributed by atoms with E-state index in [4.69, 9.17) is 5.73 Å². The lowest BCUT2D eigenvalue weighted by Crippen LogP contribution is -2.26. The van der Waals surface area contributed by atoms with Gasteiger partial charge in [-0.25, -0.2) is 4.98 Å². The number of rotatable bonds is 6. The van der Waals surface area contributed by atoms with E-state index in [0.717, 1.165) is 10.6 Å². The maximum atomic E-state index is 11.9. The zero-order valence-corrected chi connectivity index (χ0v) is 13.1. The summed E-state index contributed by atoms with van der Waals surface area (Å²) in [6.45, 7) is 0.815. The van der Waals surface area contributed by atoms with Gasteiger partial charge in [-0.15, -0.1) is 11.3 Å². The van der Waals surface area contributed by atoms with Crippen molar-refractivity contribution in [1.82, 2.24) is 15.6 Å². The van der Waals surface area contributed by atoms with E-state index < -0.39 is 0 Å². The van der Waals surface area contributed by atoms with Crippen molar-refractivity contribution in [2.24, 2.45) is 5.73 Å². The maximum absolute atomic E-state index is 11.9. The molecule has 0 aliphatic rings. The maximum Gasteiger partial charge on any atom is 0.270 e. The van der Waals surface area contributed by atoms with Crippen molar-refractivity contribution in [3.8, 4) is 0 Å². The van der Waals surface area contributed by atoms with Gasteiger partial charge in [0, 0.05) is 31.1 Å². The Morgan fingerprint density at radius 1 is 1.32 bits per heavy atom. The first kappa shape index (κ1) is 16.1. The summed E-state index contributed by atoms with van der Waals surface area (Å²) < 4.78 is 0. The van der Waals surface area contributed by atoms with Crippen LogP contribution in [0.5, 0.6) is 0 Å². The summed E-state index contributed by atoms with van der Waals surface area (Å²) in [6, 6.07) is 7.33. The van der Waals surface area contributed by atoms with E-state index in [2.05, 4.69) is 15.6 Å². The summed E-state index contributed by atoms with van der Waals surface area (Å²) in [5.41, 5.74) is 7.46. The third kappa shape index (κ3) is 4.12. The molecule has 2 aromatic rings. The molecule has 0 unspecified atom stereocenters. The lowest BCUT2D eigenvalue weighted by Gasteiger charge is -2.06. The summed E-state index contributed by atoms with van der Waals surface area (Å²) in [5.74, 6) is -0.332. The van der Waals surface area contributed by atoms with Crippen molar-refractivity contribution >= 4 is 23.2 Å². The van der Waals surface area contributed by atoms with Crippen LogP contribution in [0.3, 0.4) is 0 Å². The topological polar surface area (TPSA) is 97.1 Å². The fraction of sp³-hybridized carbons (Fsp3) is 0.267. The van der Waals surface area contributed by atoms with E-state index in [0.29, 0.717) is 30.8 Å². The third-order valence-corrected chi connectivity index (χ3v) is 3.95. The number of hydrogen-bond acceptors (Lipinski definition) is 5. The zero-order valence-electron chi connectivity index (χ0n) is 12.3. The number of carbonyl (C=O) groups excluding carboxylic acids is 2. The molecule has 6 nitrogen and oxygen atoms in total. The molecule has 0 aliphatic heterocycles. The standard InChI is InChI=1S/C15H18N4O2S/c1-17-14(20)11-4-2-3-10(7-11)5-6-18-15(21)12-9-22-13(8-16)19-12/h2-4,7,9H,5-6,8,16H2,1H3,(H,17,20)(H,18,21). The van der Waals surface area contributed by atoms with E-state index in [9.17, 15) is 9.59 Å². The van der Waals surface area contributed by atoms with Crippen LogP contribution in [0.1, 0.15) is 31.4 Å². The Kier molecular flexibility index (Phi) is 5.62. The largest absolute Gasteiger partial charge is 0.355 e. The van der Waals surface area contributed by atoms with Crippen molar-refractivity contribution < 1.29 is 9.59 Å². The van der Waals surface area contributed by atoms with Crippen LogP contribution >= 0.6 is 11.3 Å². The van der Waals surface area contributed by atoms with Crippen molar-refractivity contribution in [1.29, 1.82) is 0 Å². The van der Waals surface area contributed by atoms with Gasteiger partial charge in [0.15, 0.2) is 0 Å². The molecule has 0 atom stereocenters. The first-order valence-electron chi connectivity index (χ1n) is 6.87. The van der Waals surface area contributed by atoms with Crippen LogP contribution in [0.25, 0.3) is 0 Å². The minimum absolute atomic E-state index is 0.123. The van der Waals surface area contributed by atoms with Gasteiger partial charge in [0.2, 0.25) is 0 Å². The Labute approximate surface area is 132 Å². The molecule has 0 aliphatic carbocycles. The second-order valence-corrected chi connectivity index (χ2v) is 5.56. The highest BCUT2D eigenvalue weighted by Crippen LogP contribution is 2.09. The molecule has 4 N–H and O–H groups in total. The van der Waals surface area contributed by atoms with Gasteiger partial charge < -0.3 is 16.4 Å². The van der Waals surface area contributed by atoms with Gasteiger partial charge >= 0.3 is 0 Å². The summed E-state index contributed by atoms with van der Waals surface area (Å²) >= 11 is 1.37. The molecule has 1 aromatic heterocycles. The van der Waals surface area contributed by atoms with Crippen molar-refractivity contribution in [3.63, 3.8) is 0 Å². The monoisotopic (exact) mass is 318 g/mol. The molecular formula is C15H18N4O2S. The predicted octanol–water partition coefficient (Wildman–Crippen LogP) is 0.934. The molecule has 0 bridgehead atoms. The van der Waals surface area contributed by atoms with Gasteiger partial charge in [0.1, 0.15) is 10.7 Å². The minimum Gasteiger partial charge on any atom is -0.355 e. The van der Waals surface area contributed by atoms with Gasteiger partial charge in [-0.05, 0) is 24.1 Å². The molecule has 0 saturated carbocycles. The summed E-state index contributed by atoms with van der Waals surface area (Å²) in [6.07, 6.45) is 0.643. The van der Waals surface area contributed by atoms with Crippen LogP contribution in [0.4, 0.5) is 0 Å². The highest BCUT2D eigenvalue weighted by atomic mass is 32.1. The lowest BCUT2D eigenvalue weighted by atomic mass is 10.1. The molecule has 2 amide bonds. The van der Waals surface area contributed by atoms with Crippen molar-refractivity contribution in [2.75, 3.05) is 13.6 Å². The van der Waals surface area contributed by atoms with Gasteiger partial charge in [0.25, 0.3) is 11.8 Å². The smallest absolute Gasteiger partial charge is 0.270 e. The molecule has 0 spiro atoms. The van der Waals surface area contributed by atoms with Crippen LogP contribution in [0.15, 0.2) is 29.6 Å². The van der Waals surface area contributed by atoms with Gasteiger partial charge in [0.05, 0.1) is 0 Å². The highest BCUT2D eigenvalue weighted by Gasteiger charge is 2.09. The second kappa shape index (κ2) is 7.67. The fourth-order valence-corrected chi connectivity index (χ4v) is 2.59. The van der Waals surface area contributed by atoms with E-state index in [1.807, 2.05) is 18.2 Å². The van der Waals surface area contributed by atoms with E-state index in [1.54, 1.807) is 18.5 Å².